The lowest BCUT2D eigenvalue weighted by molar-refractivity contribution is 0.000545. The van der Waals surface area contributed by atoms with Gasteiger partial charge in [-0.1, -0.05) is 13.0 Å². The number of methoxy groups -OCH3 is 1. The molecule has 3 heteroatoms. The standard InChI is InChI=1S/C15H23NO2/c1-4-16-13-7-8-18-15(10-13)12-5-6-14(17-3)11(2)9-12/h5-6,9,13,15-16H,4,7-8,10H2,1-3H3. The predicted molar refractivity (Wildman–Crippen MR) is 73.1 cm³/mol. The zero-order valence-corrected chi connectivity index (χ0v) is 11.5. The van der Waals surface area contributed by atoms with Crippen LogP contribution in [0.2, 0.25) is 0 Å². The van der Waals surface area contributed by atoms with Crippen molar-refractivity contribution >= 4 is 0 Å². The highest BCUT2D eigenvalue weighted by molar-refractivity contribution is 5.37. The van der Waals surface area contributed by atoms with Crippen molar-refractivity contribution in [3.63, 3.8) is 0 Å². The molecule has 1 N–H and O–H groups in total. The third-order valence-electron chi connectivity index (χ3n) is 3.57. The van der Waals surface area contributed by atoms with Crippen molar-refractivity contribution in [3.8, 4) is 5.75 Å². The maximum Gasteiger partial charge on any atom is 0.121 e. The van der Waals surface area contributed by atoms with Gasteiger partial charge in [-0.05, 0) is 49.6 Å². The molecule has 0 spiro atoms. The summed E-state index contributed by atoms with van der Waals surface area (Å²) in [6, 6.07) is 6.91. The molecule has 0 amide bonds. The lowest BCUT2D eigenvalue weighted by Crippen LogP contribution is -2.35. The Balaban J connectivity index is 2.08. The first kappa shape index (κ1) is 13.4. The number of aryl methyl sites for hydroxylation is 1. The smallest absolute Gasteiger partial charge is 0.121 e. The summed E-state index contributed by atoms with van der Waals surface area (Å²) in [6.07, 6.45) is 2.38. The second-order valence-corrected chi connectivity index (χ2v) is 4.87. The van der Waals surface area contributed by atoms with Gasteiger partial charge in [0.1, 0.15) is 5.75 Å². The summed E-state index contributed by atoms with van der Waals surface area (Å²) in [5.41, 5.74) is 2.43. The van der Waals surface area contributed by atoms with Crippen LogP contribution in [-0.2, 0) is 4.74 Å². The van der Waals surface area contributed by atoms with Gasteiger partial charge in [0.2, 0.25) is 0 Å². The Bertz CT molecular complexity index is 390. The van der Waals surface area contributed by atoms with Gasteiger partial charge in [0, 0.05) is 12.6 Å². The van der Waals surface area contributed by atoms with Crippen LogP contribution >= 0.6 is 0 Å². The molecular formula is C15H23NO2. The topological polar surface area (TPSA) is 30.5 Å². The first-order valence-corrected chi connectivity index (χ1v) is 6.74. The maximum atomic E-state index is 5.89. The van der Waals surface area contributed by atoms with Crippen molar-refractivity contribution < 1.29 is 9.47 Å². The fourth-order valence-corrected chi connectivity index (χ4v) is 2.61. The molecule has 1 aliphatic rings. The van der Waals surface area contributed by atoms with E-state index in [1.165, 1.54) is 11.1 Å². The summed E-state index contributed by atoms with van der Waals surface area (Å²) in [5.74, 6) is 0.942. The van der Waals surface area contributed by atoms with Crippen LogP contribution in [0.15, 0.2) is 18.2 Å². The number of ether oxygens (including phenoxy) is 2. The van der Waals surface area contributed by atoms with Crippen LogP contribution in [0, 0.1) is 6.92 Å². The minimum absolute atomic E-state index is 0.215. The molecular weight excluding hydrogens is 226 g/mol. The zero-order chi connectivity index (χ0) is 13.0. The Morgan fingerprint density at radius 3 is 2.94 bits per heavy atom. The minimum atomic E-state index is 0.215. The summed E-state index contributed by atoms with van der Waals surface area (Å²) >= 11 is 0. The Morgan fingerprint density at radius 1 is 1.44 bits per heavy atom. The Labute approximate surface area is 109 Å². The fraction of sp³-hybridized carbons (Fsp3) is 0.600. The number of nitrogens with one attached hydrogen (secondary N) is 1. The normalized spacial score (nSPS) is 23.9. The summed E-state index contributed by atoms with van der Waals surface area (Å²) in [6.45, 7) is 6.10. The highest BCUT2D eigenvalue weighted by Crippen LogP contribution is 2.30. The van der Waals surface area contributed by atoms with E-state index in [0.717, 1.165) is 31.7 Å². The molecule has 18 heavy (non-hydrogen) atoms. The van der Waals surface area contributed by atoms with Crippen LogP contribution in [-0.4, -0.2) is 26.3 Å². The second kappa shape index (κ2) is 6.21. The van der Waals surface area contributed by atoms with E-state index in [1.54, 1.807) is 7.11 Å². The van der Waals surface area contributed by atoms with Gasteiger partial charge in [0.25, 0.3) is 0 Å². The molecule has 3 nitrogen and oxygen atoms in total. The van der Waals surface area contributed by atoms with Gasteiger partial charge in [0.15, 0.2) is 0 Å². The van der Waals surface area contributed by atoms with Gasteiger partial charge in [-0.15, -0.1) is 0 Å². The van der Waals surface area contributed by atoms with E-state index in [4.69, 9.17) is 9.47 Å². The van der Waals surface area contributed by atoms with E-state index in [-0.39, 0.29) is 6.10 Å². The molecule has 2 rings (SSSR count). The molecule has 1 heterocycles. The van der Waals surface area contributed by atoms with Crippen molar-refractivity contribution in [1.82, 2.24) is 5.32 Å². The van der Waals surface area contributed by atoms with Crippen LogP contribution in [0.5, 0.6) is 5.75 Å². The predicted octanol–water partition coefficient (Wildman–Crippen LogP) is 2.83. The molecule has 1 aromatic carbocycles. The molecule has 0 radical (unpaired) electrons. The lowest BCUT2D eigenvalue weighted by Gasteiger charge is -2.30. The Morgan fingerprint density at radius 2 is 2.28 bits per heavy atom. The van der Waals surface area contributed by atoms with Crippen molar-refractivity contribution in [3.05, 3.63) is 29.3 Å². The van der Waals surface area contributed by atoms with E-state index in [1.807, 2.05) is 6.07 Å². The van der Waals surface area contributed by atoms with E-state index < -0.39 is 0 Å². The number of rotatable bonds is 4. The fourth-order valence-electron chi connectivity index (χ4n) is 2.61. The molecule has 2 atom stereocenters. The Hall–Kier alpha value is -1.06. The van der Waals surface area contributed by atoms with Gasteiger partial charge in [-0.2, -0.15) is 0 Å². The summed E-state index contributed by atoms with van der Waals surface area (Å²) in [4.78, 5) is 0. The van der Waals surface area contributed by atoms with Gasteiger partial charge in [-0.3, -0.25) is 0 Å². The number of hydrogen-bond acceptors (Lipinski definition) is 3. The van der Waals surface area contributed by atoms with E-state index >= 15 is 0 Å². The third-order valence-corrected chi connectivity index (χ3v) is 3.57. The van der Waals surface area contributed by atoms with Crippen LogP contribution in [0.1, 0.15) is 37.0 Å². The zero-order valence-electron chi connectivity index (χ0n) is 11.5. The van der Waals surface area contributed by atoms with Crippen LogP contribution in [0.25, 0.3) is 0 Å². The summed E-state index contributed by atoms with van der Waals surface area (Å²) in [5, 5.41) is 3.52. The van der Waals surface area contributed by atoms with Crippen LogP contribution in [0.4, 0.5) is 0 Å². The largest absolute Gasteiger partial charge is 0.496 e. The van der Waals surface area contributed by atoms with Crippen LogP contribution < -0.4 is 10.1 Å². The lowest BCUT2D eigenvalue weighted by atomic mass is 9.96. The van der Waals surface area contributed by atoms with Crippen LogP contribution in [0.3, 0.4) is 0 Å². The molecule has 1 saturated heterocycles. The molecule has 0 aromatic heterocycles. The van der Waals surface area contributed by atoms with Crippen molar-refractivity contribution in [2.24, 2.45) is 0 Å². The molecule has 1 aromatic rings. The number of benzene rings is 1. The SMILES string of the molecule is CCNC1CCOC(c2ccc(OC)c(C)c2)C1. The summed E-state index contributed by atoms with van der Waals surface area (Å²) < 4.78 is 11.2. The van der Waals surface area contributed by atoms with E-state index in [2.05, 4.69) is 31.3 Å². The average molecular weight is 249 g/mol. The molecule has 0 saturated carbocycles. The number of hydrogen-bond donors (Lipinski definition) is 1. The maximum absolute atomic E-state index is 5.89. The van der Waals surface area contributed by atoms with Gasteiger partial charge >= 0.3 is 0 Å². The van der Waals surface area contributed by atoms with Crippen molar-refractivity contribution in [1.29, 1.82) is 0 Å². The van der Waals surface area contributed by atoms with E-state index in [0.29, 0.717) is 6.04 Å². The molecule has 100 valence electrons. The van der Waals surface area contributed by atoms with Gasteiger partial charge in [-0.25, -0.2) is 0 Å². The van der Waals surface area contributed by atoms with Crippen molar-refractivity contribution in [2.75, 3.05) is 20.3 Å². The first-order valence-electron chi connectivity index (χ1n) is 6.74. The summed E-state index contributed by atoms with van der Waals surface area (Å²) in [7, 11) is 1.71. The van der Waals surface area contributed by atoms with Gasteiger partial charge in [0.05, 0.1) is 13.2 Å². The molecule has 0 bridgehead atoms. The van der Waals surface area contributed by atoms with Gasteiger partial charge < -0.3 is 14.8 Å². The second-order valence-electron chi connectivity index (χ2n) is 4.87. The molecule has 2 unspecified atom stereocenters. The third kappa shape index (κ3) is 3.03. The molecule has 0 aliphatic carbocycles. The minimum Gasteiger partial charge on any atom is -0.496 e. The Kier molecular flexibility index (Phi) is 4.61. The quantitative estimate of drug-likeness (QED) is 0.890. The molecule has 1 fully saturated rings. The highest BCUT2D eigenvalue weighted by atomic mass is 16.5. The average Bonchev–Trinajstić information content (AvgIpc) is 2.39. The monoisotopic (exact) mass is 249 g/mol. The highest BCUT2D eigenvalue weighted by Gasteiger charge is 2.23. The first-order chi connectivity index (χ1) is 8.74. The van der Waals surface area contributed by atoms with E-state index in [9.17, 15) is 0 Å². The molecule has 1 aliphatic heterocycles. The van der Waals surface area contributed by atoms with Crippen molar-refractivity contribution in [2.45, 2.75) is 38.8 Å².